The fourth-order valence-corrected chi connectivity index (χ4v) is 5.05. The van der Waals surface area contributed by atoms with Gasteiger partial charge in [0.2, 0.25) is 11.8 Å². The van der Waals surface area contributed by atoms with Crippen LogP contribution in [0.15, 0.2) is 30.3 Å². The molecule has 8 nitrogen and oxygen atoms in total. The fourth-order valence-electron chi connectivity index (χ4n) is 5.05. The fraction of sp³-hybridized carbons (Fsp3) is 0.640. The number of hydrogen-bond donors (Lipinski definition) is 1. The van der Waals surface area contributed by atoms with Gasteiger partial charge >= 0.3 is 6.03 Å². The molecule has 0 atom stereocenters. The maximum atomic E-state index is 13.0. The summed E-state index contributed by atoms with van der Waals surface area (Å²) in [7, 11) is 0. The zero-order valence-corrected chi connectivity index (χ0v) is 19.6. The molecule has 0 aliphatic carbocycles. The third-order valence-corrected chi connectivity index (χ3v) is 7.16. The molecule has 1 aromatic rings. The van der Waals surface area contributed by atoms with E-state index in [1.54, 1.807) is 4.90 Å². The third-order valence-electron chi connectivity index (χ3n) is 7.16. The molecule has 3 heterocycles. The molecule has 8 heteroatoms. The molecule has 0 unspecified atom stereocenters. The van der Waals surface area contributed by atoms with Crippen molar-refractivity contribution in [3.8, 4) is 0 Å². The van der Waals surface area contributed by atoms with E-state index >= 15 is 0 Å². The number of amides is 4. The number of likely N-dealkylation sites (tertiary alicyclic amines) is 2. The van der Waals surface area contributed by atoms with Crippen molar-refractivity contribution in [2.24, 2.45) is 5.92 Å². The first-order valence-electron chi connectivity index (χ1n) is 12.5. The van der Waals surface area contributed by atoms with E-state index < -0.39 is 0 Å². The molecule has 0 aromatic heterocycles. The van der Waals surface area contributed by atoms with Crippen LogP contribution in [-0.4, -0.2) is 96.3 Å². The first kappa shape index (κ1) is 23.5. The monoisotopic (exact) mass is 455 g/mol. The summed E-state index contributed by atoms with van der Waals surface area (Å²) >= 11 is 0. The van der Waals surface area contributed by atoms with Gasteiger partial charge in [0, 0.05) is 64.0 Å². The molecular weight excluding hydrogens is 418 g/mol. The second-order valence-electron chi connectivity index (χ2n) is 9.45. The highest BCUT2D eigenvalue weighted by molar-refractivity contribution is 5.89. The van der Waals surface area contributed by atoms with E-state index in [0.717, 1.165) is 44.7 Å². The number of urea groups is 1. The largest absolute Gasteiger partial charge is 0.342 e. The van der Waals surface area contributed by atoms with Crippen LogP contribution in [0, 0.1) is 5.92 Å². The molecule has 1 aromatic carbocycles. The molecule has 33 heavy (non-hydrogen) atoms. The summed E-state index contributed by atoms with van der Waals surface area (Å²) in [6.45, 7) is 6.31. The summed E-state index contributed by atoms with van der Waals surface area (Å²) < 4.78 is 0. The molecule has 0 radical (unpaired) electrons. The van der Waals surface area contributed by atoms with Crippen LogP contribution < -0.4 is 5.32 Å². The molecule has 0 saturated carbocycles. The molecule has 4 amide bonds. The molecular formula is C25H37N5O3. The van der Waals surface area contributed by atoms with E-state index in [1.165, 1.54) is 12.8 Å². The molecule has 3 aliphatic rings. The third kappa shape index (κ3) is 6.47. The van der Waals surface area contributed by atoms with Gasteiger partial charge in [-0.05, 0) is 37.8 Å². The average Bonchev–Trinajstić information content (AvgIpc) is 3.15. The molecule has 0 spiro atoms. The van der Waals surface area contributed by atoms with Crippen LogP contribution in [0.1, 0.15) is 38.5 Å². The number of carbonyl (C=O) groups excluding carboxylic acids is 3. The Labute approximate surface area is 196 Å². The lowest BCUT2D eigenvalue weighted by atomic mass is 9.95. The van der Waals surface area contributed by atoms with Gasteiger partial charge in [0.25, 0.3) is 0 Å². The van der Waals surface area contributed by atoms with Crippen LogP contribution in [0.4, 0.5) is 10.5 Å². The van der Waals surface area contributed by atoms with Gasteiger partial charge in [0.05, 0.1) is 6.54 Å². The van der Waals surface area contributed by atoms with Gasteiger partial charge < -0.3 is 20.0 Å². The number of rotatable bonds is 4. The summed E-state index contributed by atoms with van der Waals surface area (Å²) in [5.41, 5.74) is 0.785. The van der Waals surface area contributed by atoms with Crippen molar-refractivity contribution in [3.05, 3.63) is 30.3 Å². The number of piperazine rings is 1. The van der Waals surface area contributed by atoms with Crippen molar-refractivity contribution in [2.75, 3.05) is 64.2 Å². The highest BCUT2D eigenvalue weighted by atomic mass is 16.2. The van der Waals surface area contributed by atoms with Crippen LogP contribution in [0.2, 0.25) is 0 Å². The average molecular weight is 456 g/mol. The van der Waals surface area contributed by atoms with Gasteiger partial charge in [-0.2, -0.15) is 0 Å². The van der Waals surface area contributed by atoms with Crippen molar-refractivity contribution in [1.29, 1.82) is 0 Å². The van der Waals surface area contributed by atoms with E-state index in [-0.39, 0.29) is 23.8 Å². The Balaban J connectivity index is 1.17. The predicted octanol–water partition coefficient (Wildman–Crippen LogP) is 2.48. The number of nitrogens with one attached hydrogen (secondary N) is 1. The molecule has 3 fully saturated rings. The van der Waals surface area contributed by atoms with Gasteiger partial charge in [0.1, 0.15) is 0 Å². The number of benzene rings is 1. The molecule has 180 valence electrons. The highest BCUT2D eigenvalue weighted by Gasteiger charge is 2.32. The van der Waals surface area contributed by atoms with Crippen molar-refractivity contribution in [1.82, 2.24) is 19.6 Å². The van der Waals surface area contributed by atoms with Crippen LogP contribution in [0.25, 0.3) is 0 Å². The summed E-state index contributed by atoms with van der Waals surface area (Å²) in [6, 6.07) is 9.34. The Morgan fingerprint density at radius 3 is 2.00 bits per heavy atom. The number of para-hydroxylation sites is 1. The second-order valence-corrected chi connectivity index (χ2v) is 9.45. The van der Waals surface area contributed by atoms with E-state index in [2.05, 4.69) is 10.2 Å². The van der Waals surface area contributed by atoms with Crippen molar-refractivity contribution >= 4 is 23.5 Å². The van der Waals surface area contributed by atoms with Crippen molar-refractivity contribution in [2.45, 2.75) is 38.5 Å². The Kier molecular flexibility index (Phi) is 8.20. The standard InChI is InChI=1S/C25H37N5O3/c31-23(28-12-6-1-2-7-13-28)20-27-16-18-29(19-17-27)24(32)21-10-14-30(15-11-21)25(33)26-22-8-4-3-5-9-22/h3-5,8-9,21H,1-2,6-7,10-20H2,(H,26,33). The number of nitrogens with zero attached hydrogens (tertiary/aromatic N) is 4. The topological polar surface area (TPSA) is 76.2 Å². The molecule has 4 rings (SSSR count). The second kappa shape index (κ2) is 11.5. The van der Waals surface area contributed by atoms with E-state index in [0.29, 0.717) is 45.6 Å². The lowest BCUT2D eigenvalue weighted by Gasteiger charge is -2.38. The van der Waals surface area contributed by atoms with Crippen LogP contribution in [0.5, 0.6) is 0 Å². The summed E-state index contributed by atoms with van der Waals surface area (Å²) in [5, 5.41) is 2.92. The number of carbonyl (C=O) groups is 3. The van der Waals surface area contributed by atoms with E-state index in [1.807, 2.05) is 40.1 Å². The van der Waals surface area contributed by atoms with Gasteiger partial charge in [-0.1, -0.05) is 31.0 Å². The zero-order chi connectivity index (χ0) is 23.0. The molecule has 3 saturated heterocycles. The van der Waals surface area contributed by atoms with Crippen molar-refractivity contribution in [3.63, 3.8) is 0 Å². The lowest BCUT2D eigenvalue weighted by Crippen LogP contribution is -2.53. The summed E-state index contributed by atoms with van der Waals surface area (Å²) in [6.07, 6.45) is 6.08. The number of piperidine rings is 1. The Hall–Kier alpha value is -2.61. The Bertz CT molecular complexity index is 794. The highest BCUT2D eigenvalue weighted by Crippen LogP contribution is 2.21. The Morgan fingerprint density at radius 1 is 0.727 bits per heavy atom. The first-order chi connectivity index (χ1) is 16.1. The van der Waals surface area contributed by atoms with Crippen LogP contribution in [0.3, 0.4) is 0 Å². The van der Waals surface area contributed by atoms with Gasteiger partial charge in [-0.3, -0.25) is 14.5 Å². The van der Waals surface area contributed by atoms with E-state index in [4.69, 9.17) is 0 Å². The molecule has 3 aliphatic heterocycles. The molecule has 1 N–H and O–H groups in total. The minimum absolute atomic E-state index is 0.0175. The SMILES string of the molecule is O=C(CN1CCN(C(=O)C2CCN(C(=O)Nc3ccccc3)CC2)CC1)N1CCCCCC1. The summed E-state index contributed by atoms with van der Waals surface area (Å²) in [4.78, 5) is 46.1. The minimum Gasteiger partial charge on any atom is -0.342 e. The van der Waals surface area contributed by atoms with Gasteiger partial charge in [-0.25, -0.2) is 4.79 Å². The van der Waals surface area contributed by atoms with Crippen LogP contribution in [-0.2, 0) is 9.59 Å². The zero-order valence-electron chi connectivity index (χ0n) is 19.6. The minimum atomic E-state index is -0.102. The normalized spacial score (nSPS) is 20.9. The smallest absolute Gasteiger partial charge is 0.321 e. The van der Waals surface area contributed by atoms with Crippen molar-refractivity contribution < 1.29 is 14.4 Å². The maximum Gasteiger partial charge on any atom is 0.321 e. The lowest BCUT2D eigenvalue weighted by molar-refractivity contribution is -0.139. The first-order valence-corrected chi connectivity index (χ1v) is 12.5. The Morgan fingerprint density at radius 2 is 1.36 bits per heavy atom. The van der Waals surface area contributed by atoms with E-state index in [9.17, 15) is 14.4 Å². The quantitative estimate of drug-likeness (QED) is 0.757. The van der Waals surface area contributed by atoms with Crippen LogP contribution >= 0.6 is 0 Å². The van der Waals surface area contributed by atoms with Gasteiger partial charge in [-0.15, -0.1) is 0 Å². The summed E-state index contributed by atoms with van der Waals surface area (Å²) in [5.74, 6) is 0.422. The number of anilines is 1. The van der Waals surface area contributed by atoms with Gasteiger partial charge in [0.15, 0.2) is 0 Å². The predicted molar refractivity (Wildman–Crippen MR) is 128 cm³/mol. The number of hydrogen-bond acceptors (Lipinski definition) is 4. The maximum absolute atomic E-state index is 13.0. The molecule has 0 bridgehead atoms.